The molecule has 0 spiro atoms. The van der Waals surface area contributed by atoms with Gasteiger partial charge in [-0.25, -0.2) is 0 Å². The highest BCUT2D eigenvalue weighted by atomic mass is 16.3. The minimum atomic E-state index is -0.524. The molecule has 0 aromatic heterocycles. The lowest BCUT2D eigenvalue weighted by atomic mass is 10.0. The Morgan fingerprint density at radius 1 is 1.06 bits per heavy atom. The molecule has 0 radical (unpaired) electrons. The molecule has 1 aliphatic heterocycles. The summed E-state index contributed by atoms with van der Waals surface area (Å²) in [4.78, 5) is 40.5. The van der Waals surface area contributed by atoms with Crippen molar-refractivity contribution in [2.24, 2.45) is 0 Å². The Bertz CT molecular complexity index is 1090. The molecule has 1 heterocycles. The molecule has 0 saturated carbocycles. The highest BCUT2D eigenvalue weighted by molar-refractivity contribution is 6.20. The lowest BCUT2D eigenvalue weighted by Crippen LogP contribution is -2.31. The molecule has 0 unspecified atom stereocenters. The number of rotatable bonds is 7. The number of aromatic hydroxyl groups is 1. The van der Waals surface area contributed by atoms with E-state index in [2.05, 4.69) is 10.6 Å². The van der Waals surface area contributed by atoms with E-state index in [0.29, 0.717) is 12.0 Å². The largest absolute Gasteiger partial charge is 0.505 e. The molecule has 2 aromatic rings. The van der Waals surface area contributed by atoms with Crippen LogP contribution >= 0.6 is 0 Å². The molecule has 3 rings (SSSR count). The van der Waals surface area contributed by atoms with Crippen molar-refractivity contribution >= 4 is 23.4 Å². The third-order valence-electron chi connectivity index (χ3n) is 5.49. The van der Waals surface area contributed by atoms with E-state index >= 15 is 0 Å². The van der Waals surface area contributed by atoms with Crippen LogP contribution in [0.3, 0.4) is 0 Å². The molecular formula is C24H28N4O4. The van der Waals surface area contributed by atoms with Crippen molar-refractivity contribution in [3.63, 3.8) is 0 Å². The molecule has 0 bridgehead atoms. The van der Waals surface area contributed by atoms with E-state index in [4.69, 9.17) is 0 Å². The van der Waals surface area contributed by atoms with Crippen LogP contribution in [-0.4, -0.2) is 53.8 Å². The summed E-state index contributed by atoms with van der Waals surface area (Å²) in [5.41, 5.74) is 2.05. The summed E-state index contributed by atoms with van der Waals surface area (Å²) < 4.78 is 0. The maximum Gasteiger partial charge on any atom is 0.279 e. The van der Waals surface area contributed by atoms with E-state index in [-0.39, 0.29) is 40.3 Å². The standard InChI is InChI=1S/C24H28N4O4/c1-6-17(15-10-8-7-9-11-15)25-19-20(24(32)28(5)23(19)31)26-18-14(2)12-13-16(21(18)29)22(30)27(3)4/h7-13,17,25-26,29H,6H2,1-5H3/t17-/m1/s1. The van der Waals surface area contributed by atoms with Gasteiger partial charge >= 0.3 is 0 Å². The number of likely N-dealkylation sites (N-methyl/N-ethyl adjacent to an activating group) is 1. The minimum absolute atomic E-state index is 0.0275. The van der Waals surface area contributed by atoms with Crippen molar-refractivity contribution in [3.8, 4) is 5.75 Å². The van der Waals surface area contributed by atoms with Gasteiger partial charge in [-0.2, -0.15) is 0 Å². The van der Waals surface area contributed by atoms with Gasteiger partial charge in [0.2, 0.25) is 0 Å². The van der Waals surface area contributed by atoms with Crippen molar-refractivity contribution in [3.05, 3.63) is 70.5 Å². The first-order chi connectivity index (χ1) is 15.2. The zero-order chi connectivity index (χ0) is 23.6. The van der Waals surface area contributed by atoms with Crippen LogP contribution in [0.5, 0.6) is 5.75 Å². The molecule has 168 valence electrons. The topological polar surface area (TPSA) is 102 Å². The number of benzene rings is 2. The van der Waals surface area contributed by atoms with Gasteiger partial charge < -0.3 is 20.6 Å². The van der Waals surface area contributed by atoms with Gasteiger partial charge in [0, 0.05) is 21.1 Å². The summed E-state index contributed by atoms with van der Waals surface area (Å²) in [6.07, 6.45) is 0.684. The summed E-state index contributed by atoms with van der Waals surface area (Å²) in [7, 11) is 4.58. The van der Waals surface area contributed by atoms with Crippen molar-refractivity contribution in [1.29, 1.82) is 0 Å². The predicted molar refractivity (Wildman–Crippen MR) is 122 cm³/mol. The lowest BCUT2D eigenvalue weighted by Gasteiger charge is -2.20. The van der Waals surface area contributed by atoms with Crippen molar-refractivity contribution in [2.75, 3.05) is 26.5 Å². The highest BCUT2D eigenvalue weighted by Crippen LogP contribution is 2.34. The van der Waals surface area contributed by atoms with Crippen molar-refractivity contribution in [2.45, 2.75) is 26.3 Å². The second-order valence-electron chi connectivity index (χ2n) is 7.91. The molecule has 1 aliphatic rings. The molecule has 32 heavy (non-hydrogen) atoms. The molecular weight excluding hydrogens is 408 g/mol. The quantitative estimate of drug-likeness (QED) is 0.456. The second-order valence-corrected chi connectivity index (χ2v) is 7.91. The second kappa shape index (κ2) is 9.13. The minimum Gasteiger partial charge on any atom is -0.505 e. The smallest absolute Gasteiger partial charge is 0.279 e. The van der Waals surface area contributed by atoms with Crippen LogP contribution < -0.4 is 10.6 Å². The Labute approximate surface area is 187 Å². The number of hydrogen-bond acceptors (Lipinski definition) is 6. The Hall–Kier alpha value is -3.81. The molecule has 3 amide bonds. The van der Waals surface area contributed by atoms with Crippen LogP contribution in [0.1, 0.15) is 40.9 Å². The van der Waals surface area contributed by atoms with Gasteiger partial charge in [-0.15, -0.1) is 0 Å². The number of nitrogens with zero attached hydrogens (tertiary/aromatic N) is 2. The number of aryl methyl sites for hydroxylation is 1. The van der Waals surface area contributed by atoms with E-state index in [1.165, 1.54) is 18.0 Å². The fraction of sp³-hybridized carbons (Fsp3) is 0.292. The van der Waals surface area contributed by atoms with Crippen LogP contribution in [-0.2, 0) is 9.59 Å². The van der Waals surface area contributed by atoms with Gasteiger partial charge in [-0.05, 0) is 30.5 Å². The molecule has 0 aliphatic carbocycles. The third kappa shape index (κ3) is 4.16. The van der Waals surface area contributed by atoms with Crippen LogP contribution in [0.2, 0.25) is 0 Å². The number of amides is 3. The van der Waals surface area contributed by atoms with Crippen LogP contribution in [0, 0.1) is 6.92 Å². The van der Waals surface area contributed by atoms with E-state index in [0.717, 1.165) is 10.5 Å². The number of carbonyl (C=O) groups is 3. The Morgan fingerprint density at radius 2 is 1.69 bits per heavy atom. The van der Waals surface area contributed by atoms with E-state index < -0.39 is 11.8 Å². The van der Waals surface area contributed by atoms with Gasteiger partial charge in [0.05, 0.1) is 17.3 Å². The Morgan fingerprint density at radius 3 is 2.28 bits per heavy atom. The molecule has 0 fully saturated rings. The summed E-state index contributed by atoms with van der Waals surface area (Å²) >= 11 is 0. The van der Waals surface area contributed by atoms with E-state index in [9.17, 15) is 19.5 Å². The monoisotopic (exact) mass is 436 g/mol. The maximum atomic E-state index is 12.9. The molecule has 3 N–H and O–H groups in total. The predicted octanol–water partition coefficient (Wildman–Crippen LogP) is 2.77. The number of phenolic OH excluding ortho intramolecular Hbond substituents is 1. The average molecular weight is 437 g/mol. The normalized spacial score (nSPS) is 14.6. The number of imide groups is 1. The van der Waals surface area contributed by atoms with Gasteiger partial charge in [0.15, 0.2) is 5.75 Å². The fourth-order valence-electron chi connectivity index (χ4n) is 3.56. The molecule has 1 atom stereocenters. The van der Waals surface area contributed by atoms with Gasteiger partial charge in [-0.1, -0.05) is 43.3 Å². The van der Waals surface area contributed by atoms with Crippen LogP contribution in [0.4, 0.5) is 5.69 Å². The Kier molecular flexibility index (Phi) is 6.53. The lowest BCUT2D eigenvalue weighted by molar-refractivity contribution is -0.136. The van der Waals surface area contributed by atoms with Crippen molar-refractivity contribution < 1.29 is 19.5 Å². The van der Waals surface area contributed by atoms with Crippen LogP contribution in [0.25, 0.3) is 0 Å². The molecule has 8 nitrogen and oxygen atoms in total. The number of carbonyl (C=O) groups excluding carboxylic acids is 3. The number of phenols is 1. The summed E-state index contributed by atoms with van der Waals surface area (Å²) in [5, 5.41) is 16.9. The zero-order valence-electron chi connectivity index (χ0n) is 18.9. The summed E-state index contributed by atoms with van der Waals surface area (Å²) in [6.45, 7) is 3.72. The first-order valence-corrected chi connectivity index (χ1v) is 10.4. The number of nitrogens with one attached hydrogen (secondary N) is 2. The third-order valence-corrected chi connectivity index (χ3v) is 5.49. The Balaban J connectivity index is 2.05. The van der Waals surface area contributed by atoms with Crippen LogP contribution in [0.15, 0.2) is 53.9 Å². The first kappa shape index (κ1) is 22.9. The van der Waals surface area contributed by atoms with Crippen molar-refractivity contribution in [1.82, 2.24) is 15.1 Å². The zero-order valence-corrected chi connectivity index (χ0v) is 18.9. The molecule has 8 heteroatoms. The van der Waals surface area contributed by atoms with Gasteiger partial charge in [0.25, 0.3) is 17.7 Å². The SMILES string of the molecule is CC[C@@H](NC1=C(Nc2c(C)ccc(C(=O)N(C)C)c2O)C(=O)N(C)C1=O)c1ccccc1. The maximum absolute atomic E-state index is 12.9. The molecule has 0 saturated heterocycles. The van der Waals surface area contributed by atoms with Gasteiger partial charge in [-0.3, -0.25) is 19.3 Å². The fourth-order valence-corrected chi connectivity index (χ4v) is 3.56. The highest BCUT2D eigenvalue weighted by Gasteiger charge is 2.38. The first-order valence-electron chi connectivity index (χ1n) is 10.4. The molecule has 2 aromatic carbocycles. The average Bonchev–Trinajstić information content (AvgIpc) is 2.98. The summed E-state index contributed by atoms with van der Waals surface area (Å²) in [6, 6.07) is 12.7. The van der Waals surface area contributed by atoms with E-state index in [1.807, 2.05) is 37.3 Å². The number of hydrogen-bond donors (Lipinski definition) is 3. The number of anilines is 1. The van der Waals surface area contributed by atoms with Gasteiger partial charge in [0.1, 0.15) is 11.4 Å². The summed E-state index contributed by atoms with van der Waals surface area (Å²) in [5.74, 6) is -1.65. The van der Waals surface area contributed by atoms with E-state index in [1.54, 1.807) is 27.1 Å².